The summed E-state index contributed by atoms with van der Waals surface area (Å²) >= 11 is 0. The first-order chi connectivity index (χ1) is 10.1. The van der Waals surface area contributed by atoms with Gasteiger partial charge in [0.05, 0.1) is 6.54 Å². The lowest BCUT2D eigenvalue weighted by Gasteiger charge is -2.11. The number of aromatic hydroxyl groups is 1. The maximum absolute atomic E-state index is 9.45. The minimum absolute atomic E-state index is 0.286. The van der Waals surface area contributed by atoms with E-state index in [4.69, 9.17) is 0 Å². The molecule has 21 heavy (non-hydrogen) atoms. The Morgan fingerprint density at radius 1 is 1.24 bits per heavy atom. The minimum atomic E-state index is 0.286. The molecular formula is C17H29N3O. The highest BCUT2D eigenvalue weighted by Crippen LogP contribution is 2.11. The molecule has 0 aliphatic heterocycles. The number of hydrogen-bond donors (Lipinski definition) is 3. The highest BCUT2D eigenvalue weighted by molar-refractivity contribution is 5.79. The summed E-state index contributed by atoms with van der Waals surface area (Å²) in [6.07, 6.45) is 3.68. The summed E-state index contributed by atoms with van der Waals surface area (Å²) < 4.78 is 0. The highest BCUT2D eigenvalue weighted by atomic mass is 16.3. The van der Waals surface area contributed by atoms with Crippen LogP contribution in [0.5, 0.6) is 5.75 Å². The molecule has 0 spiro atoms. The molecule has 0 bridgehead atoms. The predicted octanol–water partition coefficient (Wildman–Crippen LogP) is 3.27. The van der Waals surface area contributed by atoms with Crippen molar-refractivity contribution >= 4 is 5.96 Å². The number of nitrogens with one attached hydrogen (secondary N) is 2. The molecule has 3 N–H and O–H groups in total. The van der Waals surface area contributed by atoms with Gasteiger partial charge in [-0.2, -0.15) is 0 Å². The molecule has 0 saturated heterocycles. The first-order valence-electron chi connectivity index (χ1n) is 7.92. The summed E-state index contributed by atoms with van der Waals surface area (Å²) in [5.74, 6) is 1.90. The zero-order valence-corrected chi connectivity index (χ0v) is 13.5. The van der Waals surface area contributed by atoms with Crippen LogP contribution in [0.4, 0.5) is 0 Å². The molecule has 0 fully saturated rings. The van der Waals surface area contributed by atoms with Gasteiger partial charge < -0.3 is 15.7 Å². The number of phenols is 1. The monoisotopic (exact) mass is 291 g/mol. The molecule has 0 unspecified atom stereocenters. The van der Waals surface area contributed by atoms with E-state index in [0.717, 1.165) is 37.0 Å². The lowest BCUT2D eigenvalue weighted by atomic mass is 10.1. The topological polar surface area (TPSA) is 56.7 Å². The van der Waals surface area contributed by atoms with Gasteiger partial charge in [0.2, 0.25) is 0 Å². The standard InChI is InChI=1S/C17H29N3O/c1-4-18-17(19-11-6-5-8-14(2)3)20-13-15-9-7-10-16(21)12-15/h7,9-10,12,14,21H,4-6,8,11,13H2,1-3H3,(H2,18,19,20). The van der Waals surface area contributed by atoms with Crippen molar-refractivity contribution in [1.29, 1.82) is 0 Å². The van der Waals surface area contributed by atoms with E-state index in [-0.39, 0.29) is 5.75 Å². The molecule has 1 aromatic carbocycles. The van der Waals surface area contributed by atoms with Crippen molar-refractivity contribution in [3.8, 4) is 5.75 Å². The van der Waals surface area contributed by atoms with Gasteiger partial charge in [-0.3, -0.25) is 0 Å². The summed E-state index contributed by atoms with van der Waals surface area (Å²) in [5, 5.41) is 16.0. The fourth-order valence-electron chi connectivity index (χ4n) is 2.05. The molecule has 0 aliphatic carbocycles. The highest BCUT2D eigenvalue weighted by Gasteiger charge is 1.99. The number of benzene rings is 1. The Morgan fingerprint density at radius 3 is 2.71 bits per heavy atom. The van der Waals surface area contributed by atoms with E-state index >= 15 is 0 Å². The molecule has 0 saturated carbocycles. The second-order valence-corrected chi connectivity index (χ2v) is 5.68. The average molecular weight is 291 g/mol. The van der Waals surface area contributed by atoms with Gasteiger partial charge in [0.1, 0.15) is 5.75 Å². The van der Waals surface area contributed by atoms with Crippen molar-refractivity contribution in [2.75, 3.05) is 13.1 Å². The Morgan fingerprint density at radius 2 is 2.05 bits per heavy atom. The van der Waals surface area contributed by atoms with Gasteiger partial charge in [-0.15, -0.1) is 0 Å². The Bertz CT molecular complexity index is 430. The number of rotatable bonds is 8. The Kier molecular flexibility index (Phi) is 8.32. The molecule has 118 valence electrons. The van der Waals surface area contributed by atoms with Gasteiger partial charge >= 0.3 is 0 Å². The third-order valence-electron chi connectivity index (χ3n) is 3.18. The van der Waals surface area contributed by atoms with Crippen LogP contribution in [0.25, 0.3) is 0 Å². The van der Waals surface area contributed by atoms with Crippen molar-refractivity contribution in [3.63, 3.8) is 0 Å². The lowest BCUT2D eigenvalue weighted by molar-refractivity contribution is 0.474. The molecule has 0 radical (unpaired) electrons. The van der Waals surface area contributed by atoms with Gasteiger partial charge in [0, 0.05) is 13.1 Å². The van der Waals surface area contributed by atoms with Crippen molar-refractivity contribution in [2.24, 2.45) is 10.9 Å². The number of phenolic OH excluding ortho intramolecular Hbond substituents is 1. The van der Waals surface area contributed by atoms with E-state index in [0.29, 0.717) is 6.54 Å². The molecule has 0 atom stereocenters. The Balaban J connectivity index is 2.39. The van der Waals surface area contributed by atoms with E-state index in [2.05, 4.69) is 36.4 Å². The van der Waals surface area contributed by atoms with Gasteiger partial charge in [0.25, 0.3) is 0 Å². The molecular weight excluding hydrogens is 262 g/mol. The number of unbranched alkanes of at least 4 members (excludes halogenated alkanes) is 1. The largest absolute Gasteiger partial charge is 0.508 e. The van der Waals surface area contributed by atoms with Crippen molar-refractivity contribution in [3.05, 3.63) is 29.8 Å². The fourth-order valence-corrected chi connectivity index (χ4v) is 2.05. The molecule has 0 amide bonds. The zero-order chi connectivity index (χ0) is 15.5. The smallest absolute Gasteiger partial charge is 0.191 e. The lowest BCUT2D eigenvalue weighted by Crippen LogP contribution is -2.37. The number of hydrogen-bond acceptors (Lipinski definition) is 2. The van der Waals surface area contributed by atoms with Crippen LogP contribution in [0.1, 0.15) is 45.6 Å². The molecule has 4 nitrogen and oxygen atoms in total. The van der Waals surface area contributed by atoms with Gasteiger partial charge in [0.15, 0.2) is 5.96 Å². The van der Waals surface area contributed by atoms with E-state index in [9.17, 15) is 5.11 Å². The van der Waals surface area contributed by atoms with Crippen LogP contribution >= 0.6 is 0 Å². The van der Waals surface area contributed by atoms with Crippen LogP contribution in [0, 0.1) is 5.92 Å². The van der Waals surface area contributed by atoms with Crippen LogP contribution in [-0.4, -0.2) is 24.2 Å². The molecule has 1 rings (SSSR count). The quantitative estimate of drug-likeness (QED) is 0.391. The minimum Gasteiger partial charge on any atom is -0.508 e. The van der Waals surface area contributed by atoms with Gasteiger partial charge in [-0.25, -0.2) is 4.99 Å². The Hall–Kier alpha value is -1.71. The fraction of sp³-hybridized carbons (Fsp3) is 0.588. The average Bonchev–Trinajstić information content (AvgIpc) is 2.44. The summed E-state index contributed by atoms with van der Waals surface area (Å²) in [6.45, 7) is 8.93. The first kappa shape index (κ1) is 17.3. The molecule has 4 heteroatoms. The van der Waals surface area contributed by atoms with Gasteiger partial charge in [-0.05, 0) is 37.0 Å². The van der Waals surface area contributed by atoms with Crippen LogP contribution in [0.3, 0.4) is 0 Å². The van der Waals surface area contributed by atoms with E-state index < -0.39 is 0 Å². The normalized spacial score (nSPS) is 11.7. The summed E-state index contributed by atoms with van der Waals surface area (Å²) in [7, 11) is 0. The second-order valence-electron chi connectivity index (χ2n) is 5.68. The maximum Gasteiger partial charge on any atom is 0.191 e. The SMILES string of the molecule is CCNC(=NCc1cccc(O)c1)NCCCCC(C)C. The number of nitrogens with zero attached hydrogens (tertiary/aromatic N) is 1. The third kappa shape index (κ3) is 8.23. The molecule has 0 aliphatic rings. The van der Waals surface area contributed by atoms with E-state index in [1.807, 2.05) is 12.1 Å². The summed E-state index contributed by atoms with van der Waals surface area (Å²) in [6, 6.07) is 7.23. The third-order valence-corrected chi connectivity index (χ3v) is 3.18. The number of aliphatic imine (C=N–C) groups is 1. The summed E-state index contributed by atoms with van der Waals surface area (Å²) in [5.41, 5.74) is 1.01. The van der Waals surface area contributed by atoms with Gasteiger partial charge in [-0.1, -0.05) is 38.8 Å². The zero-order valence-electron chi connectivity index (χ0n) is 13.5. The van der Waals surface area contributed by atoms with Crippen LogP contribution in [-0.2, 0) is 6.54 Å². The van der Waals surface area contributed by atoms with Crippen molar-refractivity contribution in [2.45, 2.75) is 46.6 Å². The summed E-state index contributed by atoms with van der Waals surface area (Å²) in [4.78, 5) is 4.54. The van der Waals surface area contributed by atoms with Crippen LogP contribution in [0.2, 0.25) is 0 Å². The number of guanidine groups is 1. The maximum atomic E-state index is 9.45. The van der Waals surface area contributed by atoms with Crippen LogP contribution in [0.15, 0.2) is 29.3 Å². The van der Waals surface area contributed by atoms with Crippen molar-refractivity contribution in [1.82, 2.24) is 10.6 Å². The van der Waals surface area contributed by atoms with E-state index in [1.54, 1.807) is 12.1 Å². The van der Waals surface area contributed by atoms with Crippen molar-refractivity contribution < 1.29 is 5.11 Å². The Labute approximate surface area is 128 Å². The first-order valence-corrected chi connectivity index (χ1v) is 7.92. The van der Waals surface area contributed by atoms with Crippen LogP contribution < -0.4 is 10.6 Å². The second kappa shape index (κ2) is 10.1. The molecule has 0 heterocycles. The predicted molar refractivity (Wildman–Crippen MR) is 89.6 cm³/mol. The molecule has 1 aromatic rings. The van der Waals surface area contributed by atoms with E-state index in [1.165, 1.54) is 12.8 Å². The molecule has 0 aromatic heterocycles.